The predicted molar refractivity (Wildman–Crippen MR) is 116 cm³/mol. The summed E-state index contributed by atoms with van der Waals surface area (Å²) in [5.41, 5.74) is 2.95. The Bertz CT molecular complexity index is 1010. The number of imidazole rings is 1. The van der Waals surface area contributed by atoms with Crippen LogP contribution in [-0.2, 0) is 16.1 Å². The number of methoxy groups -OCH3 is 1. The minimum Gasteiger partial charge on any atom is -0.497 e. The number of para-hydroxylation sites is 2. The summed E-state index contributed by atoms with van der Waals surface area (Å²) in [6.45, 7) is 4.78. The second-order valence-corrected chi connectivity index (χ2v) is 7.23. The molecule has 2 amide bonds. The molecule has 0 aliphatic rings. The fraction of sp³-hybridized carbons (Fsp3) is 0.348. The van der Waals surface area contributed by atoms with Crippen molar-refractivity contribution in [2.45, 2.75) is 39.3 Å². The van der Waals surface area contributed by atoms with Crippen molar-refractivity contribution in [2.75, 3.05) is 13.7 Å². The molecule has 1 atom stereocenters. The van der Waals surface area contributed by atoms with Crippen LogP contribution in [0.3, 0.4) is 0 Å². The van der Waals surface area contributed by atoms with Gasteiger partial charge in [0, 0.05) is 20.0 Å². The topological polar surface area (TPSA) is 85.2 Å². The van der Waals surface area contributed by atoms with Crippen LogP contribution < -0.4 is 15.4 Å². The molecule has 2 aromatic carbocycles. The maximum atomic E-state index is 12.5. The SMILES string of the molecule is COc1ccc(C(CC(=O)NCCCn2c(C)nc3ccccc32)NC(C)=O)cc1. The highest BCUT2D eigenvalue weighted by Gasteiger charge is 2.17. The maximum Gasteiger partial charge on any atom is 0.222 e. The predicted octanol–water partition coefficient (Wildman–Crippen LogP) is 3.13. The second-order valence-electron chi connectivity index (χ2n) is 7.23. The Labute approximate surface area is 176 Å². The van der Waals surface area contributed by atoms with Gasteiger partial charge in [-0.05, 0) is 43.2 Å². The van der Waals surface area contributed by atoms with Crippen molar-refractivity contribution < 1.29 is 14.3 Å². The van der Waals surface area contributed by atoms with Gasteiger partial charge in [-0.15, -0.1) is 0 Å². The van der Waals surface area contributed by atoms with Crippen molar-refractivity contribution >= 4 is 22.8 Å². The van der Waals surface area contributed by atoms with Crippen LogP contribution in [0.15, 0.2) is 48.5 Å². The number of benzene rings is 2. The molecule has 30 heavy (non-hydrogen) atoms. The summed E-state index contributed by atoms with van der Waals surface area (Å²) >= 11 is 0. The van der Waals surface area contributed by atoms with Crippen LogP contribution in [0, 0.1) is 6.92 Å². The largest absolute Gasteiger partial charge is 0.497 e. The minimum atomic E-state index is -0.381. The number of nitrogens with one attached hydrogen (secondary N) is 2. The van der Waals surface area contributed by atoms with Gasteiger partial charge in [0.25, 0.3) is 0 Å². The molecule has 1 unspecified atom stereocenters. The Hall–Kier alpha value is -3.35. The normalized spacial score (nSPS) is 11.8. The van der Waals surface area contributed by atoms with Crippen LogP contribution in [0.25, 0.3) is 11.0 Å². The van der Waals surface area contributed by atoms with E-state index >= 15 is 0 Å². The molecule has 0 spiro atoms. The summed E-state index contributed by atoms with van der Waals surface area (Å²) in [4.78, 5) is 28.6. The van der Waals surface area contributed by atoms with Crippen molar-refractivity contribution in [2.24, 2.45) is 0 Å². The van der Waals surface area contributed by atoms with Crippen molar-refractivity contribution in [3.8, 4) is 5.75 Å². The van der Waals surface area contributed by atoms with Crippen LogP contribution in [-0.4, -0.2) is 35.0 Å². The highest BCUT2D eigenvalue weighted by atomic mass is 16.5. The van der Waals surface area contributed by atoms with E-state index in [1.165, 1.54) is 6.92 Å². The molecule has 3 rings (SSSR count). The lowest BCUT2D eigenvalue weighted by Gasteiger charge is -2.18. The zero-order chi connectivity index (χ0) is 21.5. The van der Waals surface area contributed by atoms with E-state index in [0.29, 0.717) is 6.54 Å². The first-order chi connectivity index (χ1) is 14.5. The molecule has 7 heteroatoms. The van der Waals surface area contributed by atoms with E-state index in [0.717, 1.165) is 41.1 Å². The fourth-order valence-corrected chi connectivity index (χ4v) is 3.53. The number of amides is 2. The summed E-state index contributed by atoms with van der Waals surface area (Å²) in [6.07, 6.45) is 0.971. The monoisotopic (exact) mass is 408 g/mol. The van der Waals surface area contributed by atoms with E-state index in [9.17, 15) is 9.59 Å². The van der Waals surface area contributed by atoms with E-state index in [4.69, 9.17) is 4.74 Å². The van der Waals surface area contributed by atoms with Gasteiger partial charge in [-0.3, -0.25) is 9.59 Å². The Kier molecular flexibility index (Phi) is 7.06. The molecule has 0 aliphatic carbocycles. The van der Waals surface area contributed by atoms with E-state index in [1.54, 1.807) is 7.11 Å². The lowest BCUT2D eigenvalue weighted by atomic mass is 10.0. The van der Waals surface area contributed by atoms with Crippen molar-refractivity contribution in [1.82, 2.24) is 20.2 Å². The molecule has 3 aromatic rings. The van der Waals surface area contributed by atoms with Crippen LogP contribution in [0.2, 0.25) is 0 Å². The average Bonchev–Trinajstić information content (AvgIpc) is 3.05. The molecular weight excluding hydrogens is 380 g/mol. The Morgan fingerprint density at radius 1 is 1.13 bits per heavy atom. The first-order valence-electron chi connectivity index (χ1n) is 10.1. The van der Waals surface area contributed by atoms with Crippen molar-refractivity contribution in [3.05, 3.63) is 59.9 Å². The molecule has 0 radical (unpaired) electrons. The molecule has 1 aromatic heterocycles. The van der Waals surface area contributed by atoms with E-state index in [2.05, 4.69) is 26.3 Å². The summed E-state index contributed by atoms with van der Waals surface area (Å²) < 4.78 is 7.33. The molecule has 0 saturated carbocycles. The quantitative estimate of drug-likeness (QED) is 0.533. The lowest BCUT2D eigenvalue weighted by Crippen LogP contribution is -2.33. The van der Waals surface area contributed by atoms with Crippen molar-refractivity contribution in [3.63, 3.8) is 0 Å². The van der Waals surface area contributed by atoms with Crippen LogP contribution in [0.1, 0.15) is 37.2 Å². The molecule has 1 heterocycles. The highest BCUT2D eigenvalue weighted by Crippen LogP contribution is 2.20. The third-order valence-corrected chi connectivity index (χ3v) is 5.01. The maximum absolute atomic E-state index is 12.5. The highest BCUT2D eigenvalue weighted by molar-refractivity contribution is 5.79. The number of hydrogen-bond donors (Lipinski definition) is 2. The molecule has 0 bridgehead atoms. The number of carbonyl (C=O) groups excluding carboxylic acids is 2. The fourth-order valence-electron chi connectivity index (χ4n) is 3.53. The van der Waals surface area contributed by atoms with E-state index < -0.39 is 0 Å². The Balaban J connectivity index is 1.53. The van der Waals surface area contributed by atoms with E-state index in [-0.39, 0.29) is 24.3 Å². The Morgan fingerprint density at radius 2 is 1.87 bits per heavy atom. The van der Waals surface area contributed by atoms with Gasteiger partial charge in [-0.25, -0.2) is 4.98 Å². The van der Waals surface area contributed by atoms with Gasteiger partial charge in [0.15, 0.2) is 0 Å². The zero-order valence-corrected chi connectivity index (χ0v) is 17.6. The first kappa shape index (κ1) is 21.4. The van der Waals surface area contributed by atoms with Gasteiger partial charge < -0.3 is 19.9 Å². The van der Waals surface area contributed by atoms with Crippen molar-refractivity contribution in [1.29, 1.82) is 0 Å². The van der Waals surface area contributed by atoms with Gasteiger partial charge >= 0.3 is 0 Å². The number of nitrogens with zero attached hydrogens (tertiary/aromatic N) is 2. The van der Waals surface area contributed by atoms with Crippen LogP contribution >= 0.6 is 0 Å². The number of rotatable bonds is 9. The summed E-state index contributed by atoms with van der Waals surface area (Å²) in [5, 5.41) is 5.81. The molecule has 0 fully saturated rings. The summed E-state index contributed by atoms with van der Waals surface area (Å²) in [6, 6.07) is 15.0. The standard InChI is InChI=1S/C23H28N4O3/c1-16-25-20-7-4-5-8-22(20)27(16)14-6-13-24-23(29)15-21(26-17(2)28)18-9-11-19(30-3)12-10-18/h4-5,7-12,21H,6,13-15H2,1-3H3,(H,24,29)(H,26,28). The average molecular weight is 409 g/mol. The molecule has 158 valence electrons. The Morgan fingerprint density at radius 3 is 2.57 bits per heavy atom. The van der Waals surface area contributed by atoms with Gasteiger partial charge in [-0.1, -0.05) is 24.3 Å². The van der Waals surface area contributed by atoms with Gasteiger partial charge in [0.2, 0.25) is 11.8 Å². The number of ether oxygens (including phenoxy) is 1. The zero-order valence-electron chi connectivity index (χ0n) is 17.6. The third-order valence-electron chi connectivity index (χ3n) is 5.01. The molecule has 2 N–H and O–H groups in total. The number of carbonyl (C=O) groups is 2. The minimum absolute atomic E-state index is 0.100. The summed E-state index contributed by atoms with van der Waals surface area (Å²) in [5.74, 6) is 1.42. The van der Waals surface area contributed by atoms with Crippen LogP contribution in [0.4, 0.5) is 0 Å². The smallest absolute Gasteiger partial charge is 0.222 e. The third kappa shape index (κ3) is 5.37. The van der Waals surface area contributed by atoms with E-state index in [1.807, 2.05) is 49.4 Å². The summed E-state index contributed by atoms with van der Waals surface area (Å²) in [7, 11) is 1.60. The number of aryl methyl sites for hydroxylation is 2. The van der Waals surface area contributed by atoms with Gasteiger partial charge in [0.1, 0.15) is 11.6 Å². The molecule has 0 aliphatic heterocycles. The lowest BCUT2D eigenvalue weighted by molar-refractivity contribution is -0.122. The number of fused-ring (bicyclic) bond motifs is 1. The number of aromatic nitrogens is 2. The molecule has 0 saturated heterocycles. The first-order valence-corrected chi connectivity index (χ1v) is 10.1. The van der Waals surface area contributed by atoms with Crippen LogP contribution in [0.5, 0.6) is 5.75 Å². The second kappa shape index (κ2) is 9.91. The molecular formula is C23H28N4O3. The van der Waals surface area contributed by atoms with Gasteiger partial charge in [0.05, 0.1) is 30.6 Å². The van der Waals surface area contributed by atoms with Gasteiger partial charge in [-0.2, -0.15) is 0 Å². The number of hydrogen-bond acceptors (Lipinski definition) is 4. The molecule has 7 nitrogen and oxygen atoms in total.